The second-order valence-electron chi connectivity index (χ2n) is 6.11. The van der Waals surface area contributed by atoms with Gasteiger partial charge in [-0.1, -0.05) is 19.3 Å². The monoisotopic (exact) mass is 279 g/mol. The summed E-state index contributed by atoms with van der Waals surface area (Å²) in [7, 11) is 0. The predicted octanol–water partition coefficient (Wildman–Crippen LogP) is 3.20. The second kappa shape index (κ2) is 6.44. The standard InChI is InChI=1S/C14H24F3NO/c15-14(16,17)12-7-4-8-18(9-12)10-13(19)11-5-2-1-3-6-11/h11-13,19H,1-10H2. The second-order valence-corrected chi connectivity index (χ2v) is 6.11. The molecule has 0 amide bonds. The Balaban J connectivity index is 1.81. The van der Waals surface area contributed by atoms with E-state index in [4.69, 9.17) is 0 Å². The molecule has 0 spiro atoms. The summed E-state index contributed by atoms with van der Waals surface area (Å²) in [6.45, 7) is 1.17. The van der Waals surface area contributed by atoms with Crippen LogP contribution in [0.2, 0.25) is 0 Å². The minimum Gasteiger partial charge on any atom is -0.392 e. The predicted molar refractivity (Wildman–Crippen MR) is 67.8 cm³/mol. The Morgan fingerprint density at radius 3 is 2.37 bits per heavy atom. The van der Waals surface area contributed by atoms with Gasteiger partial charge in [0.15, 0.2) is 0 Å². The Labute approximate surface area is 113 Å². The van der Waals surface area contributed by atoms with Crippen LogP contribution in [0.1, 0.15) is 44.9 Å². The van der Waals surface area contributed by atoms with E-state index in [2.05, 4.69) is 0 Å². The molecule has 0 radical (unpaired) electrons. The van der Waals surface area contributed by atoms with Crippen molar-refractivity contribution in [1.29, 1.82) is 0 Å². The van der Waals surface area contributed by atoms with E-state index in [-0.39, 0.29) is 13.0 Å². The average Bonchev–Trinajstić information content (AvgIpc) is 2.39. The van der Waals surface area contributed by atoms with Crippen LogP contribution in [0.5, 0.6) is 0 Å². The van der Waals surface area contributed by atoms with Gasteiger partial charge in [-0.25, -0.2) is 0 Å². The molecular formula is C14H24F3NO. The number of halogens is 3. The van der Waals surface area contributed by atoms with Gasteiger partial charge in [0, 0.05) is 13.1 Å². The number of aliphatic hydroxyl groups excluding tert-OH is 1. The van der Waals surface area contributed by atoms with Gasteiger partial charge in [0.1, 0.15) is 0 Å². The first-order valence-electron chi connectivity index (χ1n) is 7.44. The Morgan fingerprint density at radius 2 is 1.74 bits per heavy atom. The smallest absolute Gasteiger partial charge is 0.392 e. The summed E-state index contributed by atoms with van der Waals surface area (Å²) in [5.74, 6) is -0.917. The minimum atomic E-state index is -4.09. The average molecular weight is 279 g/mol. The quantitative estimate of drug-likeness (QED) is 0.857. The number of likely N-dealkylation sites (tertiary alicyclic amines) is 1. The van der Waals surface area contributed by atoms with Crippen molar-refractivity contribution in [3.05, 3.63) is 0 Å². The van der Waals surface area contributed by atoms with Crippen molar-refractivity contribution in [1.82, 2.24) is 4.90 Å². The maximum Gasteiger partial charge on any atom is 0.393 e. The Morgan fingerprint density at radius 1 is 1.05 bits per heavy atom. The lowest BCUT2D eigenvalue weighted by molar-refractivity contribution is -0.188. The zero-order chi connectivity index (χ0) is 13.9. The highest BCUT2D eigenvalue weighted by Crippen LogP contribution is 2.34. The Hall–Kier alpha value is -0.290. The van der Waals surface area contributed by atoms with Crippen LogP contribution in [0.4, 0.5) is 13.2 Å². The summed E-state index contributed by atoms with van der Waals surface area (Å²) < 4.78 is 38.2. The zero-order valence-electron chi connectivity index (χ0n) is 11.3. The summed E-state index contributed by atoms with van der Waals surface area (Å²) in [4.78, 5) is 1.81. The van der Waals surface area contributed by atoms with Gasteiger partial charge in [0.2, 0.25) is 0 Å². The van der Waals surface area contributed by atoms with E-state index in [0.29, 0.717) is 25.4 Å². The number of aliphatic hydroxyl groups is 1. The van der Waals surface area contributed by atoms with Gasteiger partial charge < -0.3 is 10.0 Å². The highest BCUT2D eigenvalue weighted by molar-refractivity contribution is 4.82. The van der Waals surface area contributed by atoms with E-state index in [0.717, 1.165) is 25.7 Å². The molecule has 0 aromatic heterocycles. The maximum absolute atomic E-state index is 12.7. The van der Waals surface area contributed by atoms with Crippen molar-refractivity contribution >= 4 is 0 Å². The van der Waals surface area contributed by atoms with Crippen LogP contribution in [0, 0.1) is 11.8 Å². The molecule has 112 valence electrons. The SMILES string of the molecule is OC(CN1CCCC(C(F)(F)F)C1)C1CCCCC1. The molecular weight excluding hydrogens is 255 g/mol. The molecule has 2 fully saturated rings. The molecule has 2 atom stereocenters. The van der Waals surface area contributed by atoms with E-state index < -0.39 is 18.2 Å². The van der Waals surface area contributed by atoms with Gasteiger partial charge in [0.05, 0.1) is 12.0 Å². The highest BCUT2D eigenvalue weighted by Gasteiger charge is 2.42. The third-order valence-corrected chi connectivity index (χ3v) is 4.61. The lowest BCUT2D eigenvalue weighted by Crippen LogP contribution is -2.46. The molecule has 1 aliphatic heterocycles. The van der Waals surface area contributed by atoms with E-state index in [9.17, 15) is 18.3 Å². The summed E-state index contributed by atoms with van der Waals surface area (Å²) in [5.41, 5.74) is 0. The molecule has 5 heteroatoms. The Bertz CT molecular complexity index is 276. The number of nitrogens with zero attached hydrogens (tertiary/aromatic N) is 1. The number of hydrogen-bond acceptors (Lipinski definition) is 2. The van der Waals surface area contributed by atoms with Crippen LogP contribution in [0.15, 0.2) is 0 Å². The Kier molecular flexibility index (Phi) is 5.12. The van der Waals surface area contributed by atoms with Crippen molar-refractivity contribution in [3.8, 4) is 0 Å². The van der Waals surface area contributed by atoms with E-state index in [1.54, 1.807) is 4.90 Å². The number of hydrogen-bond donors (Lipinski definition) is 1. The molecule has 2 nitrogen and oxygen atoms in total. The fourth-order valence-corrected chi connectivity index (χ4v) is 3.42. The summed E-state index contributed by atoms with van der Waals surface area (Å²) in [5, 5.41) is 10.2. The van der Waals surface area contributed by atoms with Crippen LogP contribution in [-0.4, -0.2) is 41.9 Å². The van der Waals surface area contributed by atoms with E-state index >= 15 is 0 Å². The minimum absolute atomic E-state index is 0.0628. The van der Waals surface area contributed by atoms with Crippen LogP contribution in [-0.2, 0) is 0 Å². The van der Waals surface area contributed by atoms with Crippen LogP contribution >= 0.6 is 0 Å². The molecule has 2 aliphatic rings. The summed E-state index contributed by atoms with van der Waals surface area (Å²) in [6.07, 6.45) is 1.85. The molecule has 0 aromatic carbocycles. The summed E-state index contributed by atoms with van der Waals surface area (Å²) >= 11 is 0. The number of rotatable bonds is 3. The molecule has 1 heterocycles. The maximum atomic E-state index is 12.7. The molecule has 0 bridgehead atoms. The van der Waals surface area contributed by atoms with Gasteiger partial charge in [0.25, 0.3) is 0 Å². The van der Waals surface area contributed by atoms with Crippen molar-refractivity contribution in [2.45, 2.75) is 57.2 Å². The van der Waals surface area contributed by atoms with Gasteiger partial charge >= 0.3 is 6.18 Å². The largest absolute Gasteiger partial charge is 0.393 e. The van der Waals surface area contributed by atoms with Crippen LogP contribution in [0.3, 0.4) is 0 Å². The first-order valence-corrected chi connectivity index (χ1v) is 7.44. The van der Waals surface area contributed by atoms with Gasteiger partial charge in [-0.05, 0) is 38.1 Å². The zero-order valence-corrected chi connectivity index (χ0v) is 11.3. The molecule has 1 N–H and O–H groups in total. The van der Waals surface area contributed by atoms with Crippen LogP contribution < -0.4 is 0 Å². The summed E-state index contributed by atoms with van der Waals surface area (Å²) in [6, 6.07) is 0. The molecule has 1 saturated carbocycles. The lowest BCUT2D eigenvalue weighted by atomic mass is 9.85. The van der Waals surface area contributed by atoms with Crippen LogP contribution in [0.25, 0.3) is 0 Å². The normalized spacial score (nSPS) is 29.4. The number of alkyl halides is 3. The molecule has 0 aromatic rings. The van der Waals surface area contributed by atoms with Crippen molar-refractivity contribution < 1.29 is 18.3 Å². The highest BCUT2D eigenvalue weighted by atomic mass is 19.4. The molecule has 2 unspecified atom stereocenters. The van der Waals surface area contributed by atoms with E-state index in [1.807, 2.05) is 0 Å². The van der Waals surface area contributed by atoms with Gasteiger partial charge in [-0.2, -0.15) is 13.2 Å². The first-order chi connectivity index (χ1) is 8.97. The first kappa shape index (κ1) is 15.1. The molecule has 1 saturated heterocycles. The number of β-amino-alcohol motifs (C(OH)–C–C–N with tert-alkyl or cyclic N) is 1. The van der Waals surface area contributed by atoms with Gasteiger partial charge in [-0.15, -0.1) is 0 Å². The van der Waals surface area contributed by atoms with E-state index in [1.165, 1.54) is 6.42 Å². The van der Waals surface area contributed by atoms with Crippen molar-refractivity contribution in [3.63, 3.8) is 0 Å². The third kappa shape index (κ3) is 4.35. The third-order valence-electron chi connectivity index (χ3n) is 4.61. The van der Waals surface area contributed by atoms with Crippen molar-refractivity contribution in [2.75, 3.05) is 19.6 Å². The fourth-order valence-electron chi connectivity index (χ4n) is 3.42. The lowest BCUT2D eigenvalue weighted by Gasteiger charge is -2.36. The molecule has 19 heavy (non-hydrogen) atoms. The number of piperidine rings is 1. The van der Waals surface area contributed by atoms with Gasteiger partial charge in [-0.3, -0.25) is 0 Å². The molecule has 1 aliphatic carbocycles. The fraction of sp³-hybridized carbons (Fsp3) is 1.00. The van der Waals surface area contributed by atoms with Crippen molar-refractivity contribution in [2.24, 2.45) is 11.8 Å². The topological polar surface area (TPSA) is 23.5 Å². The molecule has 2 rings (SSSR count).